The Kier molecular flexibility index (Phi) is 3.27. The van der Waals surface area contributed by atoms with Gasteiger partial charge >= 0.3 is 6.01 Å². The smallest absolute Gasteiger partial charge is 0.323 e. The molecule has 0 aromatic carbocycles. The maximum absolute atomic E-state index is 11.0. The van der Waals surface area contributed by atoms with E-state index in [0.717, 1.165) is 0 Å². The van der Waals surface area contributed by atoms with Crippen LogP contribution in [0.15, 0.2) is 12.3 Å². The van der Waals surface area contributed by atoms with Crippen LogP contribution in [0.5, 0.6) is 6.01 Å². The fraction of sp³-hybridized carbons (Fsp3) is 0.300. The largest absolute Gasteiger partial charge is 0.461 e. The monoisotopic (exact) mass is 263 g/mol. The predicted octanol–water partition coefficient (Wildman–Crippen LogP) is -0.474. The number of aromatic nitrogens is 5. The molecule has 1 amide bonds. The average Bonchev–Trinajstić information content (AvgIpc) is 2.76. The second-order valence-corrected chi connectivity index (χ2v) is 3.95. The summed E-state index contributed by atoms with van der Waals surface area (Å²) in [4.78, 5) is 22.8. The van der Waals surface area contributed by atoms with E-state index in [1.807, 2.05) is 13.8 Å². The van der Waals surface area contributed by atoms with Crippen LogP contribution in [0, 0.1) is 0 Å². The minimum absolute atomic E-state index is 0.00299. The van der Waals surface area contributed by atoms with E-state index in [4.69, 9.17) is 16.2 Å². The summed E-state index contributed by atoms with van der Waals surface area (Å²) in [5, 5.41) is 3.92. The van der Waals surface area contributed by atoms with Gasteiger partial charge < -0.3 is 16.2 Å². The van der Waals surface area contributed by atoms with E-state index in [9.17, 15) is 4.79 Å². The quantitative estimate of drug-likeness (QED) is 0.760. The van der Waals surface area contributed by atoms with Gasteiger partial charge in [0.15, 0.2) is 0 Å². The molecule has 0 unspecified atom stereocenters. The van der Waals surface area contributed by atoms with Crippen molar-refractivity contribution in [3.05, 3.63) is 18.0 Å². The van der Waals surface area contributed by atoms with Gasteiger partial charge in [0.1, 0.15) is 5.69 Å². The Morgan fingerprint density at radius 3 is 2.68 bits per heavy atom. The van der Waals surface area contributed by atoms with E-state index >= 15 is 0 Å². The van der Waals surface area contributed by atoms with E-state index in [1.165, 1.54) is 16.9 Å². The lowest BCUT2D eigenvalue weighted by atomic mass is 10.4. The number of nitrogens with two attached hydrogens (primary N) is 2. The molecule has 0 atom stereocenters. The Bertz CT molecular complexity index is 608. The second kappa shape index (κ2) is 4.88. The van der Waals surface area contributed by atoms with Gasteiger partial charge in [-0.25, -0.2) is 4.68 Å². The number of hydrogen-bond acceptors (Lipinski definition) is 7. The van der Waals surface area contributed by atoms with E-state index in [-0.39, 0.29) is 29.7 Å². The molecule has 2 aromatic heterocycles. The van der Waals surface area contributed by atoms with E-state index < -0.39 is 5.91 Å². The van der Waals surface area contributed by atoms with Gasteiger partial charge in [0.25, 0.3) is 11.9 Å². The summed E-state index contributed by atoms with van der Waals surface area (Å²) in [6.45, 7) is 3.66. The van der Waals surface area contributed by atoms with Crippen LogP contribution in [0.1, 0.15) is 24.3 Å². The maximum Gasteiger partial charge on any atom is 0.323 e. The molecule has 0 bridgehead atoms. The van der Waals surface area contributed by atoms with Crippen LogP contribution in [0.3, 0.4) is 0 Å². The highest BCUT2D eigenvalue weighted by atomic mass is 16.5. The molecular weight excluding hydrogens is 250 g/mol. The fourth-order valence-corrected chi connectivity index (χ4v) is 1.29. The average molecular weight is 263 g/mol. The van der Waals surface area contributed by atoms with Crippen molar-refractivity contribution in [3.63, 3.8) is 0 Å². The molecule has 2 rings (SSSR count). The first kappa shape index (κ1) is 12.7. The summed E-state index contributed by atoms with van der Waals surface area (Å²) in [5.74, 6) is -0.494. The van der Waals surface area contributed by atoms with Crippen LogP contribution in [0.25, 0.3) is 5.95 Å². The third kappa shape index (κ3) is 2.94. The van der Waals surface area contributed by atoms with Crippen molar-refractivity contribution in [1.29, 1.82) is 0 Å². The molecule has 4 N–H and O–H groups in total. The molecular formula is C10H13N7O2. The van der Waals surface area contributed by atoms with E-state index in [0.29, 0.717) is 0 Å². The van der Waals surface area contributed by atoms with Crippen molar-refractivity contribution in [2.75, 3.05) is 5.73 Å². The summed E-state index contributed by atoms with van der Waals surface area (Å²) in [6.07, 6.45) is 1.39. The molecule has 2 aromatic rings. The van der Waals surface area contributed by atoms with Gasteiger partial charge in [-0.3, -0.25) is 4.79 Å². The molecule has 0 aliphatic carbocycles. The van der Waals surface area contributed by atoms with Crippen LogP contribution in [0.2, 0.25) is 0 Å². The first-order valence-corrected chi connectivity index (χ1v) is 5.50. The van der Waals surface area contributed by atoms with Gasteiger partial charge in [-0.05, 0) is 19.9 Å². The second-order valence-electron chi connectivity index (χ2n) is 3.95. The normalized spacial score (nSPS) is 10.7. The van der Waals surface area contributed by atoms with E-state index in [2.05, 4.69) is 20.1 Å². The van der Waals surface area contributed by atoms with Crippen LogP contribution in [-0.4, -0.2) is 36.7 Å². The molecule has 0 radical (unpaired) electrons. The Balaban J connectivity index is 2.37. The van der Waals surface area contributed by atoms with Gasteiger partial charge in [-0.1, -0.05) is 0 Å². The Labute approximate surface area is 108 Å². The first-order chi connectivity index (χ1) is 8.95. The highest BCUT2D eigenvalue weighted by Crippen LogP contribution is 2.10. The molecule has 9 heteroatoms. The van der Waals surface area contributed by atoms with E-state index in [1.54, 1.807) is 0 Å². The van der Waals surface area contributed by atoms with Gasteiger partial charge in [-0.15, -0.1) is 0 Å². The standard InChI is InChI=1S/C10H13N7O2/c1-5(2)19-10-14-8(12)13-9(15-10)17-4-3-6(16-17)7(11)18/h3-5H,1-2H3,(H2,11,18)(H2,12,13,14,15). The van der Waals surface area contributed by atoms with Gasteiger partial charge in [-0.2, -0.15) is 20.1 Å². The zero-order valence-corrected chi connectivity index (χ0v) is 10.4. The molecule has 19 heavy (non-hydrogen) atoms. The molecule has 0 saturated carbocycles. The topological polar surface area (TPSA) is 135 Å². The van der Waals surface area contributed by atoms with Gasteiger partial charge in [0.2, 0.25) is 5.95 Å². The number of rotatable bonds is 4. The van der Waals surface area contributed by atoms with Crippen LogP contribution < -0.4 is 16.2 Å². The third-order valence-electron chi connectivity index (χ3n) is 2.01. The zero-order chi connectivity index (χ0) is 14.0. The van der Waals surface area contributed by atoms with Crippen molar-refractivity contribution in [1.82, 2.24) is 24.7 Å². The number of anilines is 1. The Morgan fingerprint density at radius 2 is 2.11 bits per heavy atom. The lowest BCUT2D eigenvalue weighted by molar-refractivity contribution is 0.0995. The SMILES string of the molecule is CC(C)Oc1nc(N)nc(-n2ccc(C(N)=O)n2)n1. The van der Waals surface area contributed by atoms with Crippen molar-refractivity contribution < 1.29 is 9.53 Å². The number of ether oxygens (including phenoxy) is 1. The highest BCUT2D eigenvalue weighted by molar-refractivity contribution is 5.90. The number of carbonyl (C=O) groups excluding carboxylic acids is 1. The molecule has 0 aliphatic heterocycles. The number of amides is 1. The lowest BCUT2D eigenvalue weighted by Gasteiger charge is -2.08. The summed E-state index contributed by atoms with van der Waals surface area (Å²) in [6, 6.07) is 1.54. The predicted molar refractivity (Wildman–Crippen MR) is 65.6 cm³/mol. The Hall–Kier alpha value is -2.71. The van der Waals surface area contributed by atoms with Gasteiger partial charge in [0.05, 0.1) is 6.10 Å². The summed E-state index contributed by atoms with van der Waals surface area (Å²) in [7, 11) is 0. The van der Waals surface area contributed by atoms with Crippen molar-refractivity contribution >= 4 is 11.9 Å². The molecule has 100 valence electrons. The minimum atomic E-state index is -0.639. The molecule has 0 saturated heterocycles. The van der Waals surface area contributed by atoms with Crippen molar-refractivity contribution in [2.45, 2.75) is 20.0 Å². The van der Waals surface area contributed by atoms with Crippen molar-refractivity contribution in [2.24, 2.45) is 5.73 Å². The summed E-state index contributed by atoms with van der Waals surface area (Å²) in [5.41, 5.74) is 10.8. The molecule has 2 heterocycles. The fourth-order valence-electron chi connectivity index (χ4n) is 1.29. The number of nitrogens with zero attached hydrogens (tertiary/aromatic N) is 5. The maximum atomic E-state index is 11.0. The first-order valence-electron chi connectivity index (χ1n) is 5.50. The number of carbonyl (C=O) groups is 1. The number of hydrogen-bond donors (Lipinski definition) is 2. The molecule has 0 fully saturated rings. The van der Waals surface area contributed by atoms with Crippen molar-refractivity contribution in [3.8, 4) is 12.0 Å². The summed E-state index contributed by atoms with van der Waals surface area (Å²) < 4.78 is 6.61. The zero-order valence-electron chi connectivity index (χ0n) is 10.4. The molecule has 9 nitrogen and oxygen atoms in total. The van der Waals surface area contributed by atoms with Gasteiger partial charge in [0, 0.05) is 6.20 Å². The van der Waals surface area contributed by atoms with Crippen LogP contribution in [0.4, 0.5) is 5.95 Å². The molecule has 0 aliphatic rings. The number of nitrogen functional groups attached to an aromatic ring is 1. The Morgan fingerprint density at radius 1 is 1.37 bits per heavy atom. The minimum Gasteiger partial charge on any atom is -0.461 e. The molecule has 0 spiro atoms. The lowest BCUT2D eigenvalue weighted by Crippen LogP contribution is -2.15. The van der Waals surface area contributed by atoms with Crippen LogP contribution >= 0.6 is 0 Å². The number of primary amides is 1. The summed E-state index contributed by atoms with van der Waals surface area (Å²) >= 11 is 0. The highest BCUT2D eigenvalue weighted by Gasteiger charge is 2.11. The third-order valence-corrected chi connectivity index (χ3v) is 2.01. The van der Waals surface area contributed by atoms with Crippen LogP contribution in [-0.2, 0) is 0 Å².